The number of ether oxygens (including phenoxy) is 1. The Morgan fingerprint density at radius 2 is 1.85 bits per heavy atom. The van der Waals surface area contributed by atoms with Gasteiger partial charge < -0.3 is 10.1 Å². The number of anilines is 1. The molecule has 1 N–H and O–H groups in total. The summed E-state index contributed by atoms with van der Waals surface area (Å²) in [5, 5.41) is 3.19. The molecule has 0 heterocycles. The molecule has 0 amide bonds. The standard InChI is InChI=1S/C15H14BrF2NO/c1-9(10-3-6-15(20-2)14(18)7-10)19-11-4-5-13(17)12(16)8-11/h3-9,19H,1-2H3. The lowest BCUT2D eigenvalue weighted by atomic mass is 10.1. The van der Waals surface area contributed by atoms with Crippen LogP contribution in [0.5, 0.6) is 5.75 Å². The predicted octanol–water partition coefficient (Wildman–Crippen LogP) is 4.91. The van der Waals surface area contributed by atoms with Crippen molar-refractivity contribution in [2.24, 2.45) is 0 Å². The van der Waals surface area contributed by atoms with Crippen molar-refractivity contribution in [2.75, 3.05) is 12.4 Å². The zero-order chi connectivity index (χ0) is 14.7. The molecular formula is C15H14BrF2NO. The van der Waals surface area contributed by atoms with Crippen molar-refractivity contribution in [3.63, 3.8) is 0 Å². The lowest BCUT2D eigenvalue weighted by Gasteiger charge is -2.16. The van der Waals surface area contributed by atoms with E-state index in [1.165, 1.54) is 19.2 Å². The van der Waals surface area contributed by atoms with Gasteiger partial charge in [0, 0.05) is 11.7 Å². The number of methoxy groups -OCH3 is 1. The number of halogens is 3. The van der Waals surface area contributed by atoms with E-state index in [0.717, 1.165) is 11.3 Å². The first-order valence-electron chi connectivity index (χ1n) is 6.06. The third kappa shape index (κ3) is 3.28. The highest BCUT2D eigenvalue weighted by molar-refractivity contribution is 9.10. The van der Waals surface area contributed by atoms with Crippen LogP contribution in [0.15, 0.2) is 40.9 Å². The van der Waals surface area contributed by atoms with Crippen LogP contribution in [0, 0.1) is 11.6 Å². The molecule has 0 aliphatic rings. The fourth-order valence-corrected chi connectivity index (χ4v) is 2.25. The smallest absolute Gasteiger partial charge is 0.165 e. The summed E-state index contributed by atoms with van der Waals surface area (Å²) in [6, 6.07) is 9.33. The van der Waals surface area contributed by atoms with Crippen LogP contribution in [0.4, 0.5) is 14.5 Å². The van der Waals surface area contributed by atoms with Gasteiger partial charge in [-0.25, -0.2) is 8.78 Å². The second-order valence-corrected chi connectivity index (χ2v) is 5.24. The molecule has 0 fully saturated rings. The van der Waals surface area contributed by atoms with E-state index in [2.05, 4.69) is 21.2 Å². The van der Waals surface area contributed by atoms with E-state index in [0.29, 0.717) is 4.47 Å². The minimum absolute atomic E-state index is 0.118. The van der Waals surface area contributed by atoms with Crippen LogP contribution in [-0.4, -0.2) is 7.11 Å². The van der Waals surface area contributed by atoms with Crippen molar-refractivity contribution in [1.82, 2.24) is 0 Å². The molecule has 0 aromatic heterocycles. The Morgan fingerprint density at radius 3 is 2.45 bits per heavy atom. The van der Waals surface area contributed by atoms with E-state index in [1.807, 2.05) is 6.92 Å². The molecule has 0 saturated carbocycles. The van der Waals surface area contributed by atoms with Gasteiger partial charge >= 0.3 is 0 Å². The third-order valence-electron chi connectivity index (χ3n) is 2.98. The van der Waals surface area contributed by atoms with E-state index in [-0.39, 0.29) is 17.6 Å². The maximum absolute atomic E-state index is 13.7. The molecule has 0 spiro atoms. The number of nitrogens with one attached hydrogen (secondary N) is 1. The molecule has 2 rings (SSSR count). The van der Waals surface area contributed by atoms with Crippen molar-refractivity contribution in [3.05, 3.63) is 58.1 Å². The predicted molar refractivity (Wildman–Crippen MR) is 79.1 cm³/mol. The van der Waals surface area contributed by atoms with Crippen molar-refractivity contribution in [1.29, 1.82) is 0 Å². The monoisotopic (exact) mass is 341 g/mol. The molecule has 1 atom stereocenters. The first kappa shape index (κ1) is 14.8. The maximum Gasteiger partial charge on any atom is 0.165 e. The van der Waals surface area contributed by atoms with Crippen LogP contribution in [0.25, 0.3) is 0 Å². The molecule has 20 heavy (non-hydrogen) atoms. The normalized spacial score (nSPS) is 12.1. The third-order valence-corrected chi connectivity index (χ3v) is 3.59. The number of hydrogen-bond acceptors (Lipinski definition) is 2. The van der Waals surface area contributed by atoms with Crippen LogP contribution in [0.1, 0.15) is 18.5 Å². The molecule has 2 aromatic rings. The van der Waals surface area contributed by atoms with E-state index in [9.17, 15) is 8.78 Å². The van der Waals surface area contributed by atoms with Gasteiger partial charge in [-0.2, -0.15) is 0 Å². The molecule has 0 saturated heterocycles. The topological polar surface area (TPSA) is 21.3 Å². The summed E-state index contributed by atoms with van der Waals surface area (Å²) >= 11 is 3.13. The van der Waals surface area contributed by atoms with E-state index >= 15 is 0 Å². The van der Waals surface area contributed by atoms with Crippen molar-refractivity contribution in [3.8, 4) is 5.75 Å². The van der Waals surface area contributed by atoms with Gasteiger partial charge in [-0.1, -0.05) is 6.07 Å². The Kier molecular flexibility index (Phi) is 4.60. The molecule has 1 unspecified atom stereocenters. The molecule has 5 heteroatoms. The summed E-state index contributed by atoms with van der Waals surface area (Å²) in [7, 11) is 1.43. The Balaban J connectivity index is 2.17. The van der Waals surface area contributed by atoms with E-state index in [4.69, 9.17) is 4.74 Å². The van der Waals surface area contributed by atoms with Gasteiger partial charge in [0.2, 0.25) is 0 Å². The highest BCUT2D eigenvalue weighted by Crippen LogP contribution is 2.26. The summed E-state index contributed by atoms with van der Waals surface area (Å²) < 4.78 is 32.1. The highest BCUT2D eigenvalue weighted by atomic mass is 79.9. The van der Waals surface area contributed by atoms with Crippen molar-refractivity contribution in [2.45, 2.75) is 13.0 Å². The molecule has 2 nitrogen and oxygen atoms in total. The van der Waals surface area contributed by atoms with Gasteiger partial charge in [-0.05, 0) is 58.7 Å². The minimum Gasteiger partial charge on any atom is -0.494 e. The summed E-state index contributed by atoms with van der Waals surface area (Å²) in [5.41, 5.74) is 1.53. The fraction of sp³-hybridized carbons (Fsp3) is 0.200. The Bertz CT molecular complexity index is 619. The first-order valence-corrected chi connectivity index (χ1v) is 6.85. The van der Waals surface area contributed by atoms with Gasteiger partial charge in [0.05, 0.1) is 11.6 Å². The van der Waals surface area contributed by atoms with Crippen LogP contribution in [-0.2, 0) is 0 Å². The Labute approximate surface area is 124 Å². The quantitative estimate of drug-likeness (QED) is 0.853. The Morgan fingerprint density at radius 1 is 1.10 bits per heavy atom. The van der Waals surface area contributed by atoms with E-state index in [1.54, 1.807) is 24.3 Å². The first-order chi connectivity index (χ1) is 9.51. The average Bonchev–Trinajstić information content (AvgIpc) is 2.42. The molecule has 0 aliphatic carbocycles. The van der Waals surface area contributed by atoms with Crippen LogP contribution in [0.3, 0.4) is 0 Å². The summed E-state index contributed by atoms with van der Waals surface area (Å²) in [6.45, 7) is 1.90. The largest absolute Gasteiger partial charge is 0.494 e. The average molecular weight is 342 g/mol. The fourth-order valence-electron chi connectivity index (χ4n) is 1.87. The van der Waals surface area contributed by atoms with Crippen LogP contribution < -0.4 is 10.1 Å². The molecule has 2 aromatic carbocycles. The number of rotatable bonds is 4. The van der Waals surface area contributed by atoms with Crippen molar-refractivity contribution < 1.29 is 13.5 Å². The van der Waals surface area contributed by atoms with Crippen molar-refractivity contribution >= 4 is 21.6 Å². The Hall–Kier alpha value is -1.62. The SMILES string of the molecule is COc1ccc(C(C)Nc2ccc(F)c(Br)c2)cc1F. The summed E-state index contributed by atoms with van der Waals surface area (Å²) in [6.07, 6.45) is 0. The van der Waals surface area contributed by atoms with Gasteiger partial charge in [0.1, 0.15) is 5.82 Å². The van der Waals surface area contributed by atoms with E-state index < -0.39 is 5.82 Å². The second-order valence-electron chi connectivity index (χ2n) is 4.39. The van der Waals surface area contributed by atoms with Crippen LogP contribution in [0.2, 0.25) is 0 Å². The van der Waals surface area contributed by atoms with Gasteiger partial charge in [-0.3, -0.25) is 0 Å². The molecular weight excluding hydrogens is 328 g/mol. The molecule has 0 radical (unpaired) electrons. The number of hydrogen-bond donors (Lipinski definition) is 1. The lowest BCUT2D eigenvalue weighted by Crippen LogP contribution is -2.07. The van der Waals surface area contributed by atoms with Gasteiger partial charge in [-0.15, -0.1) is 0 Å². The van der Waals surface area contributed by atoms with Crippen LogP contribution >= 0.6 is 15.9 Å². The number of benzene rings is 2. The minimum atomic E-state index is -0.404. The highest BCUT2D eigenvalue weighted by Gasteiger charge is 2.10. The molecule has 0 bridgehead atoms. The summed E-state index contributed by atoms with van der Waals surface area (Å²) in [4.78, 5) is 0. The zero-order valence-corrected chi connectivity index (χ0v) is 12.7. The second kappa shape index (κ2) is 6.22. The molecule has 106 valence electrons. The maximum atomic E-state index is 13.7. The zero-order valence-electron chi connectivity index (χ0n) is 11.1. The van der Waals surface area contributed by atoms with Gasteiger partial charge in [0.15, 0.2) is 11.6 Å². The summed E-state index contributed by atoms with van der Waals surface area (Å²) in [5.74, 6) is -0.511. The van der Waals surface area contributed by atoms with Gasteiger partial charge in [0.25, 0.3) is 0 Å². The molecule has 0 aliphatic heterocycles. The lowest BCUT2D eigenvalue weighted by molar-refractivity contribution is 0.386.